The van der Waals surface area contributed by atoms with E-state index in [9.17, 15) is 0 Å². The van der Waals surface area contributed by atoms with Crippen molar-refractivity contribution in [3.63, 3.8) is 0 Å². The van der Waals surface area contributed by atoms with Crippen LogP contribution in [0.15, 0.2) is 47.7 Å². The van der Waals surface area contributed by atoms with Gasteiger partial charge in [0.25, 0.3) is 0 Å². The maximum absolute atomic E-state index is 4.37. The van der Waals surface area contributed by atoms with Crippen LogP contribution in [0.4, 0.5) is 5.82 Å². The zero-order valence-electron chi connectivity index (χ0n) is 9.85. The van der Waals surface area contributed by atoms with Gasteiger partial charge in [-0.3, -0.25) is 0 Å². The Balaban J connectivity index is 2.03. The molecule has 5 heteroatoms. The molecule has 88 valence electrons. The van der Waals surface area contributed by atoms with E-state index in [0.29, 0.717) is 11.3 Å². The minimum absolute atomic E-state index is 0.587. The Morgan fingerprint density at radius 2 is 1.89 bits per heavy atom. The molecule has 18 heavy (non-hydrogen) atoms. The van der Waals surface area contributed by atoms with E-state index in [4.69, 9.17) is 0 Å². The highest BCUT2D eigenvalue weighted by Crippen LogP contribution is 2.19. The Labute approximate surface area is 104 Å². The summed E-state index contributed by atoms with van der Waals surface area (Å²) in [6, 6.07) is 9.88. The van der Waals surface area contributed by atoms with E-state index < -0.39 is 0 Å². The molecular formula is C13H11N5. The number of aliphatic imine (C=N–C) groups is 1. The topological polar surface area (TPSA) is 56.0 Å². The zero-order valence-corrected chi connectivity index (χ0v) is 9.85. The summed E-state index contributed by atoms with van der Waals surface area (Å²) in [7, 11) is 1.83. The molecule has 5 nitrogen and oxygen atoms in total. The van der Waals surface area contributed by atoms with E-state index in [1.54, 1.807) is 23.3 Å². The van der Waals surface area contributed by atoms with Gasteiger partial charge in [0.05, 0.1) is 0 Å². The minimum atomic E-state index is 0.587. The van der Waals surface area contributed by atoms with Crippen LogP contribution in [0.2, 0.25) is 0 Å². The monoisotopic (exact) mass is 237 g/mol. The second-order valence-corrected chi connectivity index (χ2v) is 3.84. The van der Waals surface area contributed by atoms with Crippen molar-refractivity contribution in [3.8, 4) is 0 Å². The third-order valence-corrected chi connectivity index (χ3v) is 2.58. The van der Waals surface area contributed by atoms with Crippen molar-refractivity contribution in [1.29, 1.82) is 0 Å². The van der Waals surface area contributed by atoms with Gasteiger partial charge in [-0.05, 0) is 5.56 Å². The van der Waals surface area contributed by atoms with E-state index in [1.165, 1.54) is 0 Å². The molecule has 0 aliphatic carbocycles. The number of aryl methyl sites for hydroxylation is 1. The number of hydrogen-bond acceptors (Lipinski definition) is 4. The van der Waals surface area contributed by atoms with E-state index in [-0.39, 0.29) is 0 Å². The van der Waals surface area contributed by atoms with Gasteiger partial charge in [-0.15, -0.1) is 5.10 Å². The third-order valence-electron chi connectivity index (χ3n) is 2.58. The molecule has 0 aliphatic rings. The van der Waals surface area contributed by atoms with Gasteiger partial charge >= 0.3 is 0 Å². The molecule has 1 aromatic carbocycles. The Hall–Kier alpha value is -2.56. The van der Waals surface area contributed by atoms with Gasteiger partial charge in [0, 0.05) is 25.7 Å². The van der Waals surface area contributed by atoms with Crippen molar-refractivity contribution in [2.45, 2.75) is 0 Å². The first kappa shape index (κ1) is 10.6. The summed E-state index contributed by atoms with van der Waals surface area (Å²) < 4.78 is 1.68. The minimum Gasteiger partial charge on any atom is -0.247 e. The molecular weight excluding hydrogens is 226 g/mol. The fraction of sp³-hybridized carbons (Fsp3) is 0.0769. The van der Waals surface area contributed by atoms with Crippen LogP contribution in [0, 0.1) is 0 Å². The van der Waals surface area contributed by atoms with Crippen LogP contribution in [-0.2, 0) is 7.05 Å². The lowest BCUT2D eigenvalue weighted by atomic mass is 10.2. The van der Waals surface area contributed by atoms with E-state index in [2.05, 4.69) is 20.1 Å². The maximum atomic E-state index is 4.37. The van der Waals surface area contributed by atoms with Gasteiger partial charge < -0.3 is 0 Å². The van der Waals surface area contributed by atoms with Crippen LogP contribution in [0.5, 0.6) is 0 Å². The molecule has 0 radical (unpaired) electrons. The molecule has 0 spiro atoms. The third kappa shape index (κ3) is 1.86. The van der Waals surface area contributed by atoms with Crippen LogP contribution < -0.4 is 0 Å². The lowest BCUT2D eigenvalue weighted by molar-refractivity contribution is 0.787. The summed E-state index contributed by atoms with van der Waals surface area (Å²) in [4.78, 5) is 12.8. The van der Waals surface area contributed by atoms with Gasteiger partial charge in [0.1, 0.15) is 0 Å². The molecule has 3 aromatic rings. The predicted molar refractivity (Wildman–Crippen MR) is 70.0 cm³/mol. The number of fused-ring (bicyclic) bond motifs is 1. The summed E-state index contributed by atoms with van der Waals surface area (Å²) in [5.74, 6) is 0.587. The van der Waals surface area contributed by atoms with Gasteiger partial charge in [-0.25, -0.2) is 19.6 Å². The first-order valence-corrected chi connectivity index (χ1v) is 5.57. The smallest absolute Gasteiger partial charge is 0.202 e. The molecule has 0 bridgehead atoms. The fourth-order valence-electron chi connectivity index (χ4n) is 1.72. The summed E-state index contributed by atoms with van der Waals surface area (Å²) in [5.41, 5.74) is 2.48. The van der Waals surface area contributed by atoms with Crippen LogP contribution in [0.25, 0.3) is 11.2 Å². The van der Waals surface area contributed by atoms with E-state index in [0.717, 1.165) is 11.2 Å². The van der Waals surface area contributed by atoms with Gasteiger partial charge in [0.15, 0.2) is 11.2 Å². The van der Waals surface area contributed by atoms with Crippen LogP contribution in [-0.4, -0.2) is 26.0 Å². The first-order chi connectivity index (χ1) is 8.84. The highest BCUT2D eigenvalue weighted by molar-refractivity contribution is 5.87. The number of hydrogen-bond donors (Lipinski definition) is 0. The van der Waals surface area contributed by atoms with Crippen molar-refractivity contribution in [1.82, 2.24) is 19.7 Å². The average molecular weight is 237 g/mol. The van der Waals surface area contributed by atoms with Crippen LogP contribution in [0.1, 0.15) is 5.56 Å². The second-order valence-electron chi connectivity index (χ2n) is 3.84. The predicted octanol–water partition coefficient (Wildman–Crippen LogP) is 2.11. The fourth-order valence-corrected chi connectivity index (χ4v) is 1.72. The Morgan fingerprint density at radius 3 is 2.72 bits per heavy atom. The van der Waals surface area contributed by atoms with Crippen molar-refractivity contribution < 1.29 is 0 Å². The highest BCUT2D eigenvalue weighted by Gasteiger charge is 2.08. The van der Waals surface area contributed by atoms with Gasteiger partial charge in [0.2, 0.25) is 5.82 Å². The highest BCUT2D eigenvalue weighted by atomic mass is 15.3. The summed E-state index contributed by atoms with van der Waals surface area (Å²) in [6.45, 7) is 0. The Kier molecular flexibility index (Phi) is 2.57. The quantitative estimate of drug-likeness (QED) is 0.641. The maximum Gasteiger partial charge on any atom is 0.202 e. The summed E-state index contributed by atoms with van der Waals surface area (Å²) >= 11 is 0. The molecule has 0 saturated heterocycles. The number of benzene rings is 1. The molecule has 0 aliphatic heterocycles. The summed E-state index contributed by atoms with van der Waals surface area (Å²) in [5, 5.41) is 4.30. The molecule has 0 saturated carbocycles. The molecule has 2 heterocycles. The molecule has 0 fully saturated rings. The standard InChI is InChI=1S/C13H11N5/c1-18-13-11(14-7-8-15-13)12(17-18)16-9-10-5-3-2-4-6-10/h2-9H,1H3. The average Bonchev–Trinajstić information content (AvgIpc) is 2.75. The molecule has 0 N–H and O–H groups in total. The Morgan fingerprint density at radius 1 is 1.11 bits per heavy atom. The zero-order chi connectivity index (χ0) is 12.4. The summed E-state index contributed by atoms with van der Waals surface area (Å²) in [6.07, 6.45) is 5.07. The normalized spacial score (nSPS) is 11.4. The van der Waals surface area contributed by atoms with Crippen LogP contribution >= 0.6 is 0 Å². The molecule has 0 amide bonds. The Bertz CT molecular complexity index is 700. The number of rotatable bonds is 2. The first-order valence-electron chi connectivity index (χ1n) is 5.57. The lowest BCUT2D eigenvalue weighted by Crippen LogP contribution is -1.91. The van der Waals surface area contributed by atoms with E-state index >= 15 is 0 Å². The SMILES string of the molecule is Cn1nc(N=Cc2ccccc2)c2nccnc21. The van der Waals surface area contributed by atoms with Crippen molar-refractivity contribution in [2.24, 2.45) is 12.0 Å². The van der Waals surface area contributed by atoms with Crippen LogP contribution in [0.3, 0.4) is 0 Å². The van der Waals surface area contributed by atoms with Crippen molar-refractivity contribution in [3.05, 3.63) is 48.3 Å². The molecule has 2 aromatic heterocycles. The van der Waals surface area contributed by atoms with Crippen molar-refractivity contribution >= 4 is 23.2 Å². The number of aromatic nitrogens is 4. The van der Waals surface area contributed by atoms with E-state index in [1.807, 2.05) is 37.4 Å². The number of nitrogens with zero attached hydrogens (tertiary/aromatic N) is 5. The molecule has 3 rings (SSSR count). The second kappa shape index (κ2) is 4.37. The van der Waals surface area contributed by atoms with Gasteiger partial charge in [-0.1, -0.05) is 30.3 Å². The lowest BCUT2D eigenvalue weighted by Gasteiger charge is -1.90. The van der Waals surface area contributed by atoms with Crippen molar-refractivity contribution in [2.75, 3.05) is 0 Å². The van der Waals surface area contributed by atoms with Gasteiger partial charge in [-0.2, -0.15) is 0 Å². The largest absolute Gasteiger partial charge is 0.247 e. The molecule has 0 unspecified atom stereocenters. The molecule has 0 atom stereocenters.